The van der Waals surface area contributed by atoms with E-state index in [0.717, 1.165) is 12.3 Å². The molecular weight excluding hydrogens is 320 g/mol. The molecule has 0 amide bonds. The summed E-state index contributed by atoms with van der Waals surface area (Å²) < 4.78 is 0. The minimum Gasteiger partial charge on any atom is -0.481 e. The van der Waals surface area contributed by atoms with Crippen molar-refractivity contribution in [3.63, 3.8) is 0 Å². The number of aliphatic hydroxyl groups excluding tert-OH is 1. The van der Waals surface area contributed by atoms with Crippen LogP contribution in [0.5, 0.6) is 0 Å². The van der Waals surface area contributed by atoms with Gasteiger partial charge in [0.1, 0.15) is 0 Å². The molecule has 0 aromatic rings. The SMILES string of the molecule is CC(C)CCCCCCCO.O=C(O)CC(O)(CC(=O)O)C(=O)O. The van der Waals surface area contributed by atoms with Crippen LogP contribution in [0.15, 0.2) is 0 Å². The van der Waals surface area contributed by atoms with E-state index in [0.29, 0.717) is 6.61 Å². The number of carbonyl (C=O) groups is 3. The van der Waals surface area contributed by atoms with Crippen LogP contribution in [0.2, 0.25) is 0 Å². The molecule has 8 heteroatoms. The number of carboxylic acid groups (broad SMARTS) is 3. The van der Waals surface area contributed by atoms with Gasteiger partial charge in [-0.05, 0) is 12.3 Å². The third-order valence-electron chi connectivity index (χ3n) is 3.23. The second-order valence-electron chi connectivity index (χ2n) is 6.15. The van der Waals surface area contributed by atoms with Crippen molar-refractivity contribution in [1.29, 1.82) is 0 Å². The van der Waals surface area contributed by atoms with Crippen molar-refractivity contribution < 1.29 is 39.9 Å². The predicted molar refractivity (Wildman–Crippen MR) is 86.7 cm³/mol. The fourth-order valence-corrected chi connectivity index (χ4v) is 1.91. The molecule has 0 unspecified atom stereocenters. The van der Waals surface area contributed by atoms with Crippen molar-refractivity contribution in [2.24, 2.45) is 5.92 Å². The first-order valence-corrected chi connectivity index (χ1v) is 8.05. The van der Waals surface area contributed by atoms with Gasteiger partial charge in [-0.2, -0.15) is 0 Å². The molecule has 0 atom stereocenters. The molecule has 0 aliphatic carbocycles. The maximum absolute atomic E-state index is 10.3. The van der Waals surface area contributed by atoms with E-state index in [-0.39, 0.29) is 0 Å². The van der Waals surface area contributed by atoms with Crippen LogP contribution >= 0.6 is 0 Å². The van der Waals surface area contributed by atoms with E-state index in [2.05, 4.69) is 13.8 Å². The standard InChI is InChI=1S/C10H22O.C6H8O7/c1-10(2)8-6-4-3-5-7-9-11;7-3(8)1-6(13,5(11)12)2-4(9)10/h10-11H,3-9H2,1-2H3;13H,1-2H2,(H,7,8)(H,9,10)(H,11,12). The first kappa shape index (κ1) is 24.6. The Labute approximate surface area is 142 Å². The molecule has 0 fully saturated rings. The third-order valence-corrected chi connectivity index (χ3v) is 3.23. The zero-order chi connectivity index (χ0) is 19.2. The lowest BCUT2D eigenvalue weighted by atomic mass is 9.96. The lowest BCUT2D eigenvalue weighted by Gasteiger charge is -2.18. The minimum absolute atomic E-state index is 0.365. The van der Waals surface area contributed by atoms with Crippen molar-refractivity contribution in [2.75, 3.05) is 6.61 Å². The van der Waals surface area contributed by atoms with Crippen molar-refractivity contribution in [2.45, 2.75) is 70.8 Å². The molecule has 24 heavy (non-hydrogen) atoms. The molecule has 142 valence electrons. The van der Waals surface area contributed by atoms with Gasteiger partial charge in [0.15, 0.2) is 5.60 Å². The average Bonchev–Trinajstić information content (AvgIpc) is 2.41. The third kappa shape index (κ3) is 15.2. The summed E-state index contributed by atoms with van der Waals surface area (Å²) in [5, 5.41) is 42.3. The number of aliphatic carboxylic acids is 3. The summed E-state index contributed by atoms with van der Waals surface area (Å²) in [5.41, 5.74) is -2.74. The van der Waals surface area contributed by atoms with Crippen LogP contribution in [0, 0.1) is 5.92 Å². The van der Waals surface area contributed by atoms with Crippen molar-refractivity contribution >= 4 is 17.9 Å². The van der Waals surface area contributed by atoms with E-state index >= 15 is 0 Å². The Balaban J connectivity index is 0. The van der Waals surface area contributed by atoms with Crippen LogP contribution in [0.1, 0.15) is 65.2 Å². The molecule has 0 rings (SSSR count). The van der Waals surface area contributed by atoms with Crippen LogP contribution in [-0.2, 0) is 14.4 Å². The Hall–Kier alpha value is -1.67. The lowest BCUT2D eigenvalue weighted by Crippen LogP contribution is -2.42. The Morgan fingerprint density at radius 2 is 1.25 bits per heavy atom. The molecule has 0 aromatic heterocycles. The molecule has 0 heterocycles. The maximum Gasteiger partial charge on any atom is 0.336 e. The van der Waals surface area contributed by atoms with Gasteiger partial charge >= 0.3 is 17.9 Å². The molecule has 0 bridgehead atoms. The fraction of sp³-hybridized carbons (Fsp3) is 0.812. The van der Waals surface area contributed by atoms with Gasteiger partial charge in [-0.1, -0.05) is 46.0 Å². The number of unbranched alkanes of at least 4 members (excludes halogenated alkanes) is 4. The molecule has 5 N–H and O–H groups in total. The van der Waals surface area contributed by atoms with Crippen LogP contribution in [-0.4, -0.2) is 55.6 Å². The molecule has 0 saturated carbocycles. The van der Waals surface area contributed by atoms with Crippen molar-refractivity contribution in [3.05, 3.63) is 0 Å². The Morgan fingerprint density at radius 3 is 1.58 bits per heavy atom. The van der Waals surface area contributed by atoms with E-state index in [9.17, 15) is 14.4 Å². The Kier molecular flexibility index (Phi) is 14.1. The first-order valence-electron chi connectivity index (χ1n) is 8.05. The minimum atomic E-state index is -2.74. The highest BCUT2D eigenvalue weighted by Crippen LogP contribution is 2.15. The van der Waals surface area contributed by atoms with Gasteiger partial charge in [0.05, 0.1) is 12.8 Å². The maximum atomic E-state index is 10.3. The summed E-state index contributed by atoms with van der Waals surface area (Å²) in [6.07, 6.45) is 5.27. The highest BCUT2D eigenvalue weighted by Gasteiger charge is 2.40. The lowest BCUT2D eigenvalue weighted by molar-refractivity contribution is -0.170. The van der Waals surface area contributed by atoms with Crippen molar-refractivity contribution in [3.8, 4) is 0 Å². The zero-order valence-corrected chi connectivity index (χ0v) is 14.4. The molecule has 0 aromatic carbocycles. The zero-order valence-electron chi connectivity index (χ0n) is 14.4. The molecule has 0 saturated heterocycles. The number of rotatable bonds is 12. The smallest absolute Gasteiger partial charge is 0.336 e. The van der Waals surface area contributed by atoms with Gasteiger partial charge in [0.25, 0.3) is 0 Å². The number of hydrogen-bond donors (Lipinski definition) is 5. The fourth-order valence-electron chi connectivity index (χ4n) is 1.91. The van der Waals surface area contributed by atoms with Gasteiger partial charge in [-0.15, -0.1) is 0 Å². The van der Waals surface area contributed by atoms with Crippen LogP contribution in [0.3, 0.4) is 0 Å². The van der Waals surface area contributed by atoms with E-state index < -0.39 is 36.4 Å². The van der Waals surface area contributed by atoms with Gasteiger partial charge in [-0.25, -0.2) is 4.79 Å². The molecule has 0 radical (unpaired) electrons. The van der Waals surface area contributed by atoms with Gasteiger partial charge in [-0.3, -0.25) is 9.59 Å². The van der Waals surface area contributed by atoms with Gasteiger partial charge in [0.2, 0.25) is 0 Å². The highest BCUT2D eigenvalue weighted by atomic mass is 16.4. The summed E-state index contributed by atoms with van der Waals surface area (Å²) in [6.45, 7) is 4.91. The van der Waals surface area contributed by atoms with Gasteiger partial charge in [0, 0.05) is 6.61 Å². The average molecular weight is 350 g/mol. The highest BCUT2D eigenvalue weighted by molar-refractivity contribution is 5.88. The van der Waals surface area contributed by atoms with E-state index in [1.807, 2.05) is 0 Å². The van der Waals surface area contributed by atoms with Crippen LogP contribution in [0.25, 0.3) is 0 Å². The first-order chi connectivity index (χ1) is 11.0. The summed E-state index contributed by atoms with van der Waals surface area (Å²) in [5.74, 6) is -4.16. The topological polar surface area (TPSA) is 152 Å². The normalized spacial score (nSPS) is 10.9. The monoisotopic (exact) mass is 350 g/mol. The van der Waals surface area contributed by atoms with Crippen LogP contribution in [0.4, 0.5) is 0 Å². The molecular formula is C16H30O8. The Morgan fingerprint density at radius 1 is 0.833 bits per heavy atom. The number of aliphatic hydroxyl groups is 2. The summed E-state index contributed by atoms with van der Waals surface area (Å²) in [7, 11) is 0. The second kappa shape index (κ2) is 13.7. The molecule has 0 aliphatic heterocycles. The second-order valence-corrected chi connectivity index (χ2v) is 6.15. The van der Waals surface area contributed by atoms with Crippen LogP contribution < -0.4 is 0 Å². The molecule has 0 aliphatic rings. The van der Waals surface area contributed by atoms with E-state index in [4.69, 9.17) is 25.5 Å². The summed E-state index contributed by atoms with van der Waals surface area (Å²) in [4.78, 5) is 30.5. The largest absolute Gasteiger partial charge is 0.481 e. The number of carboxylic acids is 3. The van der Waals surface area contributed by atoms with Crippen molar-refractivity contribution in [1.82, 2.24) is 0 Å². The summed E-state index contributed by atoms with van der Waals surface area (Å²) in [6, 6.07) is 0. The van der Waals surface area contributed by atoms with Gasteiger partial charge < -0.3 is 25.5 Å². The Bertz CT molecular complexity index is 362. The molecule has 0 spiro atoms. The summed E-state index contributed by atoms with van der Waals surface area (Å²) >= 11 is 0. The quantitative estimate of drug-likeness (QED) is 0.334. The van der Waals surface area contributed by atoms with E-state index in [1.54, 1.807) is 0 Å². The predicted octanol–water partition coefficient (Wildman–Crippen LogP) is 1.73. The number of hydrogen-bond acceptors (Lipinski definition) is 5. The molecule has 8 nitrogen and oxygen atoms in total. The van der Waals surface area contributed by atoms with E-state index in [1.165, 1.54) is 32.1 Å².